The predicted octanol–water partition coefficient (Wildman–Crippen LogP) is 4.58. The number of fused-ring (bicyclic) bond motifs is 1. The second kappa shape index (κ2) is 14.3. The molecule has 13 nitrogen and oxygen atoms in total. The third-order valence-electron chi connectivity index (χ3n) is 7.41. The number of nitrogen functional groups attached to an aromatic ring is 1. The standard InChI is InChI=1S/C17H19FN4O4S.C15H18FN3O2/c1-10(2)22-15(4-5-19-22)12-7-13-14(6-11(12)8-18)20-17(24)21(16(13)23)9-27(3,25)26;1-9(2)19-14(4-5-18-19)11-7-12(15(20)21-3)13(17)6-10(11)8-16/h4-7,10H,8-9H2,1-3H3,(H,20,24);4-7,9H,8,17H2,1-3H3. The minimum absolute atomic E-state index is 0.00984. The highest BCUT2D eigenvalue weighted by Gasteiger charge is 2.20. The summed E-state index contributed by atoms with van der Waals surface area (Å²) in [5.41, 5.74) is 7.91. The number of alkyl halides is 2. The van der Waals surface area contributed by atoms with Gasteiger partial charge in [-0.05, 0) is 75.2 Å². The second-order valence-electron chi connectivity index (χ2n) is 11.6. The second-order valence-corrected chi connectivity index (χ2v) is 13.7. The number of hydrogen-bond donors (Lipinski definition) is 2. The molecule has 0 saturated heterocycles. The summed E-state index contributed by atoms with van der Waals surface area (Å²) >= 11 is 0. The molecule has 256 valence electrons. The van der Waals surface area contributed by atoms with Crippen LogP contribution in [-0.2, 0) is 33.8 Å². The Morgan fingerprint density at radius 2 is 1.44 bits per heavy atom. The SMILES string of the molecule is CC(C)n1nccc1-c1cc2c(=O)n(CS(C)(=O)=O)c(=O)[nH]c2cc1CF.COC(=O)c1cc(-c2ccnn2C(C)C)c(CF)cc1N. The number of nitrogens with two attached hydrogens (primary N) is 1. The largest absolute Gasteiger partial charge is 0.465 e. The number of H-pyrrole nitrogens is 1. The van der Waals surface area contributed by atoms with Crippen LogP contribution in [0.4, 0.5) is 14.5 Å². The number of hydrogen-bond acceptors (Lipinski definition) is 9. The fourth-order valence-corrected chi connectivity index (χ4v) is 5.93. The van der Waals surface area contributed by atoms with Gasteiger partial charge in [-0.15, -0.1) is 0 Å². The summed E-state index contributed by atoms with van der Waals surface area (Å²) in [7, 11) is -2.33. The Morgan fingerprint density at radius 3 is 1.92 bits per heavy atom. The van der Waals surface area contributed by atoms with Gasteiger partial charge in [0.2, 0.25) is 0 Å². The number of aromatic nitrogens is 6. The summed E-state index contributed by atoms with van der Waals surface area (Å²) in [5, 5.41) is 8.55. The van der Waals surface area contributed by atoms with Crippen molar-refractivity contribution >= 4 is 32.4 Å². The van der Waals surface area contributed by atoms with Crippen molar-refractivity contribution in [2.24, 2.45) is 0 Å². The van der Waals surface area contributed by atoms with Crippen LogP contribution in [0, 0.1) is 0 Å². The molecule has 0 unspecified atom stereocenters. The number of nitrogens with one attached hydrogen (secondary N) is 1. The molecule has 0 radical (unpaired) electrons. The number of rotatable bonds is 9. The maximum Gasteiger partial charge on any atom is 0.339 e. The predicted molar refractivity (Wildman–Crippen MR) is 179 cm³/mol. The van der Waals surface area contributed by atoms with Gasteiger partial charge in [0.05, 0.1) is 35.0 Å². The Kier molecular flexibility index (Phi) is 10.7. The van der Waals surface area contributed by atoms with Crippen LogP contribution in [0.5, 0.6) is 0 Å². The number of carbonyl (C=O) groups excluding carboxylic acids is 1. The highest BCUT2D eigenvalue weighted by molar-refractivity contribution is 7.89. The van der Waals surface area contributed by atoms with Crippen molar-refractivity contribution in [1.29, 1.82) is 0 Å². The van der Waals surface area contributed by atoms with Gasteiger partial charge in [-0.3, -0.25) is 14.2 Å². The molecule has 16 heteroatoms. The van der Waals surface area contributed by atoms with Crippen LogP contribution in [-0.4, -0.2) is 56.9 Å². The molecule has 0 spiro atoms. The Morgan fingerprint density at radius 1 is 0.917 bits per heavy atom. The number of carbonyl (C=O) groups is 1. The highest BCUT2D eigenvalue weighted by atomic mass is 32.2. The molecule has 2 aromatic carbocycles. The van der Waals surface area contributed by atoms with Gasteiger partial charge in [0.1, 0.15) is 19.2 Å². The fourth-order valence-electron chi connectivity index (χ4n) is 5.22. The van der Waals surface area contributed by atoms with Crippen LogP contribution >= 0.6 is 0 Å². The average Bonchev–Trinajstić information content (AvgIpc) is 3.73. The van der Waals surface area contributed by atoms with Gasteiger partial charge in [-0.1, -0.05) is 0 Å². The minimum Gasteiger partial charge on any atom is -0.465 e. The van der Waals surface area contributed by atoms with E-state index in [-0.39, 0.29) is 34.2 Å². The van der Waals surface area contributed by atoms with Crippen molar-refractivity contribution in [3.05, 3.63) is 86.3 Å². The Hall–Kier alpha value is -5.12. The first-order valence-corrected chi connectivity index (χ1v) is 16.9. The van der Waals surface area contributed by atoms with Crippen molar-refractivity contribution in [3.63, 3.8) is 0 Å². The average molecular weight is 686 g/mol. The summed E-state index contributed by atoms with van der Waals surface area (Å²) in [6.07, 6.45) is 4.16. The zero-order valence-corrected chi connectivity index (χ0v) is 28.1. The number of aromatic amines is 1. The first-order chi connectivity index (χ1) is 22.6. The van der Waals surface area contributed by atoms with Crippen molar-refractivity contribution in [2.75, 3.05) is 19.1 Å². The molecule has 3 aromatic heterocycles. The van der Waals surface area contributed by atoms with Gasteiger partial charge in [0.25, 0.3) is 5.56 Å². The van der Waals surface area contributed by atoms with E-state index in [1.807, 2.05) is 27.7 Å². The zero-order valence-electron chi connectivity index (χ0n) is 27.3. The van der Waals surface area contributed by atoms with Gasteiger partial charge in [-0.2, -0.15) is 10.2 Å². The van der Waals surface area contributed by atoms with Crippen molar-refractivity contribution < 1.29 is 26.7 Å². The summed E-state index contributed by atoms with van der Waals surface area (Å²) in [5.74, 6) is -1.28. The molecule has 0 aliphatic rings. The van der Waals surface area contributed by atoms with Gasteiger partial charge in [-0.25, -0.2) is 31.4 Å². The lowest BCUT2D eigenvalue weighted by atomic mass is 10.00. The quantitative estimate of drug-likeness (QED) is 0.166. The third kappa shape index (κ3) is 7.38. The zero-order chi connectivity index (χ0) is 35.5. The van der Waals surface area contributed by atoms with E-state index in [0.717, 1.165) is 11.9 Å². The van der Waals surface area contributed by atoms with Gasteiger partial charge < -0.3 is 15.5 Å². The van der Waals surface area contributed by atoms with Crippen LogP contribution in [0.3, 0.4) is 0 Å². The van der Waals surface area contributed by atoms with E-state index in [1.54, 1.807) is 40.0 Å². The fraction of sp³-hybridized carbons (Fsp3) is 0.344. The number of benzene rings is 2. The molecule has 5 aromatic rings. The Bertz CT molecular complexity index is 2200. The molecular weight excluding hydrogens is 648 g/mol. The summed E-state index contributed by atoms with van der Waals surface area (Å²) in [6, 6.07) is 9.52. The number of ether oxygens (including phenoxy) is 1. The third-order valence-corrected chi connectivity index (χ3v) is 8.14. The van der Waals surface area contributed by atoms with E-state index in [9.17, 15) is 31.6 Å². The normalized spacial score (nSPS) is 11.6. The van der Waals surface area contributed by atoms with E-state index in [1.165, 1.54) is 25.3 Å². The summed E-state index contributed by atoms with van der Waals surface area (Å²) < 4.78 is 58.8. The van der Waals surface area contributed by atoms with Gasteiger partial charge in [0, 0.05) is 47.5 Å². The number of esters is 1. The van der Waals surface area contributed by atoms with Crippen LogP contribution in [0.25, 0.3) is 33.4 Å². The lowest BCUT2D eigenvalue weighted by Crippen LogP contribution is -2.37. The van der Waals surface area contributed by atoms with Gasteiger partial charge in [0.15, 0.2) is 9.84 Å². The molecule has 0 aliphatic heterocycles. The number of anilines is 1. The van der Waals surface area contributed by atoms with Crippen molar-refractivity contribution in [3.8, 4) is 22.5 Å². The number of nitrogens with zero attached hydrogens (tertiary/aromatic N) is 5. The summed E-state index contributed by atoms with van der Waals surface area (Å²) in [4.78, 5) is 39.1. The number of sulfone groups is 1. The number of halogens is 2. The Labute approximate surface area is 274 Å². The van der Waals surface area contributed by atoms with E-state index < -0.39 is 46.3 Å². The van der Waals surface area contributed by atoms with Crippen LogP contribution in [0.2, 0.25) is 0 Å². The first-order valence-electron chi connectivity index (χ1n) is 14.8. The summed E-state index contributed by atoms with van der Waals surface area (Å²) in [6.45, 7) is 6.31. The molecular formula is C32H37F2N7O6S. The first kappa shape index (κ1) is 35.7. The topological polar surface area (TPSA) is 177 Å². The van der Waals surface area contributed by atoms with Gasteiger partial charge >= 0.3 is 11.7 Å². The lowest BCUT2D eigenvalue weighted by Gasteiger charge is -2.15. The van der Waals surface area contributed by atoms with Crippen LogP contribution in [0.1, 0.15) is 61.3 Å². The maximum absolute atomic E-state index is 13.7. The molecule has 0 saturated carbocycles. The molecule has 3 N–H and O–H groups in total. The molecule has 0 fully saturated rings. The number of methoxy groups -OCH3 is 1. The monoisotopic (exact) mass is 685 g/mol. The molecule has 48 heavy (non-hydrogen) atoms. The van der Waals surface area contributed by atoms with E-state index in [4.69, 9.17) is 10.5 Å². The minimum atomic E-state index is -3.61. The molecule has 5 rings (SSSR count). The van der Waals surface area contributed by atoms with E-state index in [2.05, 4.69) is 15.2 Å². The smallest absolute Gasteiger partial charge is 0.339 e. The molecule has 0 bridgehead atoms. The lowest BCUT2D eigenvalue weighted by molar-refractivity contribution is 0.0602. The molecule has 0 aliphatic carbocycles. The van der Waals surface area contributed by atoms with E-state index >= 15 is 0 Å². The van der Waals surface area contributed by atoms with Crippen molar-refractivity contribution in [1.82, 2.24) is 29.1 Å². The van der Waals surface area contributed by atoms with E-state index in [0.29, 0.717) is 32.5 Å². The molecule has 0 atom stereocenters. The molecule has 3 heterocycles. The van der Waals surface area contributed by atoms with Crippen LogP contribution < -0.4 is 17.0 Å². The maximum atomic E-state index is 13.7. The molecule has 0 amide bonds. The van der Waals surface area contributed by atoms with Crippen molar-refractivity contribution in [2.45, 2.75) is 59.0 Å². The Balaban J connectivity index is 0.000000224. The highest BCUT2D eigenvalue weighted by Crippen LogP contribution is 2.31. The van der Waals surface area contributed by atoms with Crippen LogP contribution in [0.15, 0.2) is 58.4 Å².